The number of ether oxygens (including phenoxy) is 2. The van der Waals surface area contributed by atoms with Crippen LogP contribution in [0.15, 0.2) is 48.5 Å². The molecule has 0 saturated carbocycles. The molecule has 2 aromatic rings. The SMILES string of the molecule is COCCc1ccc(OC(CN)c2ccccc2F)cc1. The van der Waals surface area contributed by atoms with Crippen LogP contribution in [0, 0.1) is 5.82 Å². The van der Waals surface area contributed by atoms with Gasteiger partial charge >= 0.3 is 0 Å². The van der Waals surface area contributed by atoms with Gasteiger partial charge in [-0.2, -0.15) is 0 Å². The van der Waals surface area contributed by atoms with Crippen molar-refractivity contribution in [1.29, 1.82) is 0 Å². The Kier molecular flexibility index (Phi) is 5.72. The predicted molar refractivity (Wildman–Crippen MR) is 80.8 cm³/mol. The van der Waals surface area contributed by atoms with Crippen LogP contribution in [-0.4, -0.2) is 20.3 Å². The summed E-state index contributed by atoms with van der Waals surface area (Å²) in [4.78, 5) is 0. The fourth-order valence-electron chi connectivity index (χ4n) is 2.09. The van der Waals surface area contributed by atoms with E-state index in [0.29, 0.717) is 17.9 Å². The number of hydrogen-bond acceptors (Lipinski definition) is 3. The Balaban J connectivity index is 2.07. The fourth-order valence-corrected chi connectivity index (χ4v) is 2.09. The van der Waals surface area contributed by atoms with E-state index in [1.807, 2.05) is 24.3 Å². The maximum absolute atomic E-state index is 13.8. The molecule has 0 bridgehead atoms. The van der Waals surface area contributed by atoms with Crippen LogP contribution in [0.3, 0.4) is 0 Å². The molecule has 0 amide bonds. The van der Waals surface area contributed by atoms with Crippen LogP contribution in [0.5, 0.6) is 5.75 Å². The fraction of sp³-hybridized carbons (Fsp3) is 0.294. The van der Waals surface area contributed by atoms with E-state index in [4.69, 9.17) is 15.2 Å². The third-order valence-electron chi connectivity index (χ3n) is 3.26. The summed E-state index contributed by atoms with van der Waals surface area (Å²) >= 11 is 0. The first-order chi connectivity index (χ1) is 10.2. The summed E-state index contributed by atoms with van der Waals surface area (Å²) in [5, 5.41) is 0. The molecule has 1 atom stereocenters. The monoisotopic (exact) mass is 289 g/mol. The highest BCUT2D eigenvalue weighted by atomic mass is 19.1. The molecule has 2 N–H and O–H groups in total. The van der Waals surface area contributed by atoms with E-state index in [1.165, 1.54) is 11.6 Å². The summed E-state index contributed by atoms with van der Waals surface area (Å²) in [5.74, 6) is 0.375. The summed E-state index contributed by atoms with van der Waals surface area (Å²) in [6.07, 6.45) is 0.362. The van der Waals surface area contributed by atoms with Gasteiger partial charge in [-0.15, -0.1) is 0 Å². The molecule has 21 heavy (non-hydrogen) atoms. The van der Waals surface area contributed by atoms with E-state index in [-0.39, 0.29) is 12.4 Å². The predicted octanol–water partition coefficient (Wildman–Crippen LogP) is 3.09. The molecule has 1 unspecified atom stereocenters. The Bertz CT molecular complexity index is 557. The number of rotatable bonds is 7. The zero-order chi connectivity index (χ0) is 15.1. The molecule has 0 heterocycles. The van der Waals surface area contributed by atoms with Gasteiger partial charge in [-0.1, -0.05) is 30.3 Å². The van der Waals surface area contributed by atoms with Crippen LogP contribution >= 0.6 is 0 Å². The number of halogens is 1. The number of hydrogen-bond donors (Lipinski definition) is 1. The molecule has 0 aliphatic rings. The molecule has 2 aromatic carbocycles. The molecule has 0 aliphatic heterocycles. The van der Waals surface area contributed by atoms with Crippen molar-refractivity contribution in [2.45, 2.75) is 12.5 Å². The largest absolute Gasteiger partial charge is 0.484 e. The van der Waals surface area contributed by atoms with Crippen molar-refractivity contribution in [3.63, 3.8) is 0 Å². The van der Waals surface area contributed by atoms with E-state index in [9.17, 15) is 4.39 Å². The summed E-state index contributed by atoms with van der Waals surface area (Å²) in [6, 6.07) is 14.2. The van der Waals surface area contributed by atoms with Gasteiger partial charge in [0.25, 0.3) is 0 Å². The lowest BCUT2D eigenvalue weighted by molar-refractivity contribution is 0.201. The van der Waals surface area contributed by atoms with Crippen LogP contribution in [-0.2, 0) is 11.2 Å². The van der Waals surface area contributed by atoms with Crippen molar-refractivity contribution >= 4 is 0 Å². The highest BCUT2D eigenvalue weighted by Gasteiger charge is 2.15. The number of methoxy groups -OCH3 is 1. The van der Waals surface area contributed by atoms with Gasteiger partial charge in [-0.25, -0.2) is 4.39 Å². The molecule has 0 aromatic heterocycles. The maximum atomic E-state index is 13.8. The smallest absolute Gasteiger partial charge is 0.139 e. The van der Waals surface area contributed by atoms with Crippen molar-refractivity contribution in [2.24, 2.45) is 5.73 Å². The van der Waals surface area contributed by atoms with E-state index < -0.39 is 6.10 Å². The van der Waals surface area contributed by atoms with Crippen molar-refractivity contribution < 1.29 is 13.9 Å². The Morgan fingerprint density at radius 2 is 1.81 bits per heavy atom. The zero-order valence-electron chi connectivity index (χ0n) is 12.1. The molecular formula is C17H20FNO2. The zero-order valence-corrected chi connectivity index (χ0v) is 12.1. The van der Waals surface area contributed by atoms with Gasteiger partial charge in [0.05, 0.1) is 6.61 Å². The van der Waals surface area contributed by atoms with Gasteiger partial charge in [0.15, 0.2) is 0 Å². The Hall–Kier alpha value is -1.91. The van der Waals surface area contributed by atoms with Gasteiger partial charge in [0, 0.05) is 19.2 Å². The lowest BCUT2D eigenvalue weighted by Gasteiger charge is -2.18. The summed E-state index contributed by atoms with van der Waals surface area (Å²) in [7, 11) is 1.68. The minimum absolute atomic E-state index is 0.215. The van der Waals surface area contributed by atoms with Gasteiger partial charge < -0.3 is 15.2 Å². The third-order valence-corrected chi connectivity index (χ3v) is 3.26. The quantitative estimate of drug-likeness (QED) is 0.852. The molecule has 0 aliphatic carbocycles. The highest BCUT2D eigenvalue weighted by Crippen LogP contribution is 2.23. The molecule has 0 radical (unpaired) electrons. The second kappa shape index (κ2) is 7.76. The molecule has 0 spiro atoms. The first-order valence-electron chi connectivity index (χ1n) is 6.93. The summed E-state index contributed by atoms with van der Waals surface area (Å²) in [5.41, 5.74) is 7.35. The van der Waals surface area contributed by atoms with Crippen LogP contribution in [0.1, 0.15) is 17.2 Å². The van der Waals surface area contributed by atoms with E-state index in [0.717, 1.165) is 6.42 Å². The number of benzene rings is 2. The molecule has 2 rings (SSSR count). The average molecular weight is 289 g/mol. The maximum Gasteiger partial charge on any atom is 0.139 e. The van der Waals surface area contributed by atoms with Crippen LogP contribution in [0.4, 0.5) is 4.39 Å². The van der Waals surface area contributed by atoms with E-state index in [2.05, 4.69) is 0 Å². The lowest BCUT2D eigenvalue weighted by atomic mass is 10.1. The van der Waals surface area contributed by atoms with Crippen LogP contribution < -0.4 is 10.5 Å². The lowest BCUT2D eigenvalue weighted by Crippen LogP contribution is -2.19. The standard InChI is InChI=1S/C17H20FNO2/c1-20-11-10-13-6-8-14(9-7-13)21-17(12-19)15-4-2-3-5-16(15)18/h2-9,17H,10-12,19H2,1H3. The van der Waals surface area contributed by atoms with Gasteiger partial charge in [-0.3, -0.25) is 0 Å². The molecule has 112 valence electrons. The minimum atomic E-state index is -0.490. The third kappa shape index (κ3) is 4.28. The summed E-state index contributed by atoms with van der Waals surface area (Å²) in [6.45, 7) is 0.896. The van der Waals surface area contributed by atoms with Crippen molar-refractivity contribution in [1.82, 2.24) is 0 Å². The van der Waals surface area contributed by atoms with Gasteiger partial charge in [0.1, 0.15) is 17.7 Å². The van der Waals surface area contributed by atoms with E-state index >= 15 is 0 Å². The molecule has 0 saturated heterocycles. The average Bonchev–Trinajstić information content (AvgIpc) is 2.52. The summed E-state index contributed by atoms with van der Waals surface area (Å²) < 4.78 is 24.6. The molecule has 4 heteroatoms. The number of nitrogens with two attached hydrogens (primary N) is 1. The second-order valence-corrected chi connectivity index (χ2v) is 4.75. The van der Waals surface area contributed by atoms with Crippen molar-refractivity contribution in [3.05, 3.63) is 65.5 Å². The minimum Gasteiger partial charge on any atom is -0.484 e. The Labute approximate surface area is 124 Å². The van der Waals surface area contributed by atoms with Crippen LogP contribution in [0.2, 0.25) is 0 Å². The van der Waals surface area contributed by atoms with E-state index in [1.54, 1.807) is 25.3 Å². The highest BCUT2D eigenvalue weighted by molar-refractivity contribution is 5.29. The van der Waals surface area contributed by atoms with Gasteiger partial charge in [-0.05, 0) is 30.2 Å². The molecule has 3 nitrogen and oxygen atoms in total. The topological polar surface area (TPSA) is 44.5 Å². The Morgan fingerprint density at radius 3 is 2.43 bits per heavy atom. The molecular weight excluding hydrogens is 269 g/mol. The van der Waals surface area contributed by atoms with Crippen molar-refractivity contribution in [3.8, 4) is 5.75 Å². The first-order valence-corrected chi connectivity index (χ1v) is 6.93. The normalized spacial score (nSPS) is 12.1. The second-order valence-electron chi connectivity index (χ2n) is 4.75. The first kappa shape index (κ1) is 15.5. The van der Waals surface area contributed by atoms with Crippen LogP contribution in [0.25, 0.3) is 0 Å². The van der Waals surface area contributed by atoms with Gasteiger partial charge in [0.2, 0.25) is 0 Å². The Morgan fingerprint density at radius 1 is 1.10 bits per heavy atom. The van der Waals surface area contributed by atoms with Crippen molar-refractivity contribution in [2.75, 3.05) is 20.3 Å². The molecule has 0 fully saturated rings.